The van der Waals surface area contributed by atoms with E-state index in [2.05, 4.69) is 10.4 Å². The van der Waals surface area contributed by atoms with Gasteiger partial charge in [-0.15, -0.1) is 0 Å². The summed E-state index contributed by atoms with van der Waals surface area (Å²) in [7, 11) is -3.08. The molecular formula is C21H27N3O5S. The van der Waals surface area contributed by atoms with Gasteiger partial charge in [-0.25, -0.2) is 13.1 Å². The Morgan fingerprint density at radius 3 is 2.57 bits per heavy atom. The van der Waals surface area contributed by atoms with Crippen molar-refractivity contribution in [2.24, 2.45) is 0 Å². The van der Waals surface area contributed by atoms with Gasteiger partial charge < -0.3 is 14.8 Å². The fourth-order valence-electron chi connectivity index (χ4n) is 3.59. The number of hydrogen-bond acceptors (Lipinski definition) is 6. The molecule has 1 amide bonds. The molecule has 3 heterocycles. The molecule has 1 unspecified atom stereocenters. The summed E-state index contributed by atoms with van der Waals surface area (Å²) in [6.45, 7) is 7.20. The fourth-order valence-corrected chi connectivity index (χ4v) is 5.29. The predicted molar refractivity (Wildman–Crippen MR) is 113 cm³/mol. The Balaban J connectivity index is 1.63. The van der Waals surface area contributed by atoms with Crippen LogP contribution in [-0.4, -0.2) is 48.8 Å². The first-order valence-electron chi connectivity index (χ1n) is 10.1. The minimum Gasteiger partial charge on any atom is -0.490 e. The maximum atomic E-state index is 13.0. The van der Waals surface area contributed by atoms with Gasteiger partial charge in [0.2, 0.25) is 0 Å². The molecule has 1 aromatic carbocycles. The van der Waals surface area contributed by atoms with Gasteiger partial charge in [-0.05, 0) is 24.6 Å². The third-order valence-corrected chi connectivity index (χ3v) is 7.06. The van der Waals surface area contributed by atoms with E-state index in [4.69, 9.17) is 9.47 Å². The van der Waals surface area contributed by atoms with E-state index in [1.807, 2.05) is 26.8 Å². The lowest BCUT2D eigenvalue weighted by Crippen LogP contribution is -2.20. The molecule has 0 radical (unpaired) electrons. The van der Waals surface area contributed by atoms with Crippen molar-refractivity contribution in [2.45, 2.75) is 45.1 Å². The highest BCUT2D eigenvalue weighted by molar-refractivity contribution is 7.91. The summed E-state index contributed by atoms with van der Waals surface area (Å²) < 4.78 is 36.9. The molecule has 30 heavy (non-hydrogen) atoms. The van der Waals surface area contributed by atoms with Crippen LogP contribution < -0.4 is 14.8 Å². The molecule has 2 aromatic rings. The van der Waals surface area contributed by atoms with Crippen molar-refractivity contribution in [3.63, 3.8) is 0 Å². The van der Waals surface area contributed by atoms with Gasteiger partial charge in [-0.2, -0.15) is 5.10 Å². The van der Waals surface area contributed by atoms with E-state index in [1.54, 1.807) is 22.9 Å². The van der Waals surface area contributed by atoms with Crippen LogP contribution in [0.1, 0.15) is 55.7 Å². The topological polar surface area (TPSA) is 99.5 Å². The minimum atomic E-state index is -3.08. The molecule has 1 fully saturated rings. The normalized spacial score (nSPS) is 20.6. The summed E-state index contributed by atoms with van der Waals surface area (Å²) in [5, 5.41) is 7.57. The van der Waals surface area contributed by atoms with Crippen molar-refractivity contribution in [1.29, 1.82) is 0 Å². The largest absolute Gasteiger partial charge is 0.490 e. The van der Waals surface area contributed by atoms with Crippen LogP contribution in [-0.2, 0) is 15.3 Å². The number of anilines is 1. The summed E-state index contributed by atoms with van der Waals surface area (Å²) in [6.07, 6.45) is 1.27. The molecule has 9 heteroatoms. The Labute approximate surface area is 176 Å². The van der Waals surface area contributed by atoms with E-state index in [-0.39, 0.29) is 28.9 Å². The first kappa shape index (κ1) is 20.7. The molecule has 0 bridgehead atoms. The zero-order valence-corrected chi connectivity index (χ0v) is 18.3. The average molecular weight is 434 g/mol. The lowest BCUT2D eigenvalue weighted by Gasteiger charge is -2.16. The van der Waals surface area contributed by atoms with Crippen LogP contribution in [0.3, 0.4) is 0 Å². The average Bonchev–Trinajstić information content (AvgIpc) is 3.16. The van der Waals surface area contributed by atoms with Gasteiger partial charge in [-0.3, -0.25) is 4.79 Å². The molecule has 4 rings (SSSR count). The number of aromatic nitrogens is 2. The van der Waals surface area contributed by atoms with Gasteiger partial charge in [0.15, 0.2) is 21.3 Å². The summed E-state index contributed by atoms with van der Waals surface area (Å²) in [5.41, 5.74) is 0.987. The van der Waals surface area contributed by atoms with Gasteiger partial charge >= 0.3 is 0 Å². The quantitative estimate of drug-likeness (QED) is 0.799. The Morgan fingerprint density at radius 2 is 1.90 bits per heavy atom. The van der Waals surface area contributed by atoms with E-state index in [0.717, 1.165) is 12.1 Å². The number of sulfone groups is 1. The zero-order valence-electron chi connectivity index (χ0n) is 17.5. The third kappa shape index (κ3) is 4.30. The van der Waals surface area contributed by atoms with Gasteiger partial charge in [0.1, 0.15) is 5.82 Å². The molecule has 8 nitrogen and oxygen atoms in total. The molecule has 1 atom stereocenters. The molecule has 1 N–H and O–H groups in total. The number of nitrogens with zero attached hydrogens (tertiary/aromatic N) is 2. The number of nitrogens with one attached hydrogen (secondary N) is 1. The number of carbonyl (C=O) groups is 1. The lowest BCUT2D eigenvalue weighted by molar-refractivity contribution is 0.102. The first-order chi connectivity index (χ1) is 14.1. The highest BCUT2D eigenvalue weighted by Crippen LogP contribution is 2.33. The monoisotopic (exact) mass is 433 g/mol. The number of fused-ring (bicyclic) bond motifs is 1. The molecule has 1 aromatic heterocycles. The van der Waals surface area contributed by atoms with E-state index in [9.17, 15) is 13.2 Å². The van der Waals surface area contributed by atoms with Crippen LogP contribution in [0.5, 0.6) is 11.5 Å². The van der Waals surface area contributed by atoms with Gasteiger partial charge in [0, 0.05) is 23.5 Å². The predicted octanol–water partition coefficient (Wildman–Crippen LogP) is 2.95. The summed E-state index contributed by atoms with van der Waals surface area (Å²) in [6, 6.07) is 6.63. The highest BCUT2D eigenvalue weighted by Gasteiger charge is 2.33. The van der Waals surface area contributed by atoms with Crippen LogP contribution in [0.15, 0.2) is 24.3 Å². The maximum absolute atomic E-state index is 13.0. The van der Waals surface area contributed by atoms with E-state index < -0.39 is 9.84 Å². The van der Waals surface area contributed by atoms with Crippen molar-refractivity contribution in [3.05, 3.63) is 35.5 Å². The number of carbonyl (C=O) groups excluding carboxylic acids is 1. The van der Waals surface area contributed by atoms with Crippen LogP contribution in [0.4, 0.5) is 5.82 Å². The van der Waals surface area contributed by atoms with Crippen molar-refractivity contribution in [2.75, 3.05) is 30.0 Å². The van der Waals surface area contributed by atoms with E-state index >= 15 is 0 Å². The van der Waals surface area contributed by atoms with Crippen molar-refractivity contribution in [1.82, 2.24) is 9.78 Å². The van der Waals surface area contributed by atoms with E-state index in [1.165, 1.54) is 0 Å². The number of ether oxygens (including phenoxy) is 2. The standard InChI is InChI=1S/C21H27N3O5S/c1-21(2,3)18-12-19(24(23-18)15-7-10-30(26,27)13-15)22-20(25)14-5-6-16-17(11-14)29-9-4-8-28-16/h5-6,11-12,15H,4,7-10,13H2,1-3H3,(H,22,25). The van der Waals surface area contributed by atoms with Gasteiger partial charge in [0.05, 0.1) is 36.5 Å². The van der Waals surface area contributed by atoms with Crippen molar-refractivity contribution >= 4 is 21.6 Å². The number of hydrogen-bond donors (Lipinski definition) is 1. The van der Waals surface area contributed by atoms with Gasteiger partial charge in [-0.1, -0.05) is 20.8 Å². The maximum Gasteiger partial charge on any atom is 0.256 e. The number of benzene rings is 1. The molecule has 0 spiro atoms. The molecule has 162 valence electrons. The smallest absolute Gasteiger partial charge is 0.256 e. The second-order valence-electron chi connectivity index (χ2n) is 8.83. The van der Waals surface area contributed by atoms with Crippen LogP contribution in [0.25, 0.3) is 0 Å². The Bertz CT molecular complexity index is 1070. The molecule has 1 saturated heterocycles. The van der Waals surface area contributed by atoms with Crippen LogP contribution in [0, 0.1) is 0 Å². The van der Waals surface area contributed by atoms with Crippen molar-refractivity contribution < 1.29 is 22.7 Å². The molecular weight excluding hydrogens is 406 g/mol. The molecule has 0 saturated carbocycles. The molecule has 2 aliphatic heterocycles. The highest BCUT2D eigenvalue weighted by atomic mass is 32.2. The SMILES string of the molecule is CC(C)(C)c1cc(NC(=O)c2ccc3c(c2)OCCCO3)n(C2CCS(=O)(=O)C2)n1. The minimum absolute atomic E-state index is 0.0329. The number of rotatable bonds is 3. The van der Waals surface area contributed by atoms with Gasteiger partial charge in [0.25, 0.3) is 5.91 Å². The molecule has 2 aliphatic rings. The summed E-state index contributed by atoms with van der Waals surface area (Å²) in [5.74, 6) is 1.53. The zero-order chi connectivity index (χ0) is 21.5. The lowest BCUT2D eigenvalue weighted by atomic mass is 9.92. The third-order valence-electron chi connectivity index (χ3n) is 5.31. The van der Waals surface area contributed by atoms with Crippen LogP contribution >= 0.6 is 0 Å². The number of amides is 1. The second-order valence-corrected chi connectivity index (χ2v) is 11.1. The summed E-state index contributed by atoms with van der Waals surface area (Å²) >= 11 is 0. The molecule has 0 aliphatic carbocycles. The van der Waals surface area contributed by atoms with E-state index in [0.29, 0.717) is 42.5 Å². The van der Waals surface area contributed by atoms with Crippen molar-refractivity contribution in [3.8, 4) is 11.5 Å². The Hall–Kier alpha value is -2.55. The Morgan fingerprint density at radius 1 is 1.17 bits per heavy atom. The Kier molecular flexibility index (Phi) is 5.25. The first-order valence-corrected chi connectivity index (χ1v) is 12.0. The van der Waals surface area contributed by atoms with Crippen LogP contribution in [0.2, 0.25) is 0 Å². The summed E-state index contributed by atoms with van der Waals surface area (Å²) in [4.78, 5) is 13.0. The second kappa shape index (κ2) is 7.61. The fraction of sp³-hybridized carbons (Fsp3) is 0.524.